The molecule has 0 aromatic heterocycles. The molecular weight excluding hydrogens is 296 g/mol. The molecule has 0 saturated carbocycles. The van der Waals surface area contributed by atoms with Crippen molar-refractivity contribution in [3.63, 3.8) is 0 Å². The number of allylic oxidation sites excluding steroid dienone is 1. The Labute approximate surface area is 138 Å². The highest BCUT2D eigenvalue weighted by atomic mass is 16.2. The zero-order chi connectivity index (χ0) is 17.2. The van der Waals surface area contributed by atoms with E-state index in [1.807, 2.05) is 0 Å². The summed E-state index contributed by atoms with van der Waals surface area (Å²) in [7, 11) is 4.98. The van der Waals surface area contributed by atoms with Gasteiger partial charge in [0.05, 0.1) is 13.1 Å². The van der Waals surface area contributed by atoms with Crippen LogP contribution in [-0.4, -0.2) is 68.4 Å². The molecule has 7 nitrogen and oxygen atoms in total. The monoisotopic (exact) mass is 324 g/mol. The highest BCUT2D eigenvalue weighted by Gasteiger charge is 2.14. The third kappa shape index (κ3) is 8.35. The smallest absolute Gasteiger partial charge is 0.321 e. The maximum Gasteiger partial charge on any atom is 0.321 e. The van der Waals surface area contributed by atoms with E-state index in [9.17, 15) is 14.4 Å². The number of nitrogens with one attached hydrogen (secondary N) is 2. The van der Waals surface area contributed by atoms with E-state index < -0.39 is 11.9 Å². The van der Waals surface area contributed by atoms with Crippen molar-refractivity contribution in [1.82, 2.24) is 20.4 Å². The predicted molar refractivity (Wildman–Crippen MR) is 88.9 cm³/mol. The molecule has 0 radical (unpaired) electrons. The summed E-state index contributed by atoms with van der Waals surface area (Å²) in [5.74, 6) is -0.515. The van der Waals surface area contributed by atoms with Gasteiger partial charge in [-0.2, -0.15) is 0 Å². The average Bonchev–Trinajstić information content (AvgIpc) is 2.47. The first-order valence-electron chi connectivity index (χ1n) is 8.02. The SMILES string of the molecule is CN(CC(=O)NC(=O)NCCC1=CCCCC1)CC(=O)N(C)C. The van der Waals surface area contributed by atoms with E-state index >= 15 is 0 Å². The van der Waals surface area contributed by atoms with Gasteiger partial charge in [-0.15, -0.1) is 0 Å². The molecule has 1 rings (SSSR count). The van der Waals surface area contributed by atoms with Crippen LogP contribution in [0.15, 0.2) is 11.6 Å². The quantitative estimate of drug-likeness (QED) is 0.676. The maximum absolute atomic E-state index is 11.7. The van der Waals surface area contributed by atoms with Gasteiger partial charge in [0.25, 0.3) is 0 Å². The molecule has 130 valence electrons. The van der Waals surface area contributed by atoms with E-state index in [4.69, 9.17) is 0 Å². The van der Waals surface area contributed by atoms with Gasteiger partial charge in [0.15, 0.2) is 0 Å². The van der Waals surface area contributed by atoms with E-state index in [2.05, 4.69) is 16.7 Å². The Kier molecular flexibility index (Phi) is 8.32. The number of likely N-dealkylation sites (N-methyl/N-ethyl adjacent to an activating group) is 2. The maximum atomic E-state index is 11.7. The summed E-state index contributed by atoms with van der Waals surface area (Å²) >= 11 is 0. The minimum absolute atomic E-state index is 0.00183. The van der Waals surface area contributed by atoms with Crippen molar-refractivity contribution in [3.05, 3.63) is 11.6 Å². The van der Waals surface area contributed by atoms with Crippen LogP contribution in [0.1, 0.15) is 32.1 Å². The lowest BCUT2D eigenvalue weighted by molar-refractivity contribution is -0.130. The molecule has 0 aliphatic heterocycles. The summed E-state index contributed by atoms with van der Waals surface area (Å²) in [6.45, 7) is 0.661. The molecule has 2 N–H and O–H groups in total. The van der Waals surface area contributed by atoms with Gasteiger partial charge in [0.1, 0.15) is 0 Å². The van der Waals surface area contributed by atoms with Gasteiger partial charge in [-0.25, -0.2) is 4.79 Å². The molecule has 0 saturated heterocycles. The van der Waals surface area contributed by atoms with Gasteiger partial charge in [-0.05, 0) is 39.2 Å². The molecule has 0 fully saturated rings. The number of nitrogens with zero attached hydrogens (tertiary/aromatic N) is 2. The van der Waals surface area contributed by atoms with E-state index in [-0.39, 0.29) is 19.0 Å². The zero-order valence-corrected chi connectivity index (χ0v) is 14.4. The fraction of sp³-hybridized carbons (Fsp3) is 0.688. The van der Waals surface area contributed by atoms with Crippen LogP contribution in [0, 0.1) is 0 Å². The Morgan fingerprint density at radius 2 is 1.87 bits per heavy atom. The lowest BCUT2D eigenvalue weighted by Gasteiger charge is -2.18. The summed E-state index contributed by atoms with van der Waals surface area (Å²) in [5, 5.41) is 4.96. The first-order chi connectivity index (χ1) is 10.9. The van der Waals surface area contributed by atoms with Gasteiger partial charge in [-0.1, -0.05) is 11.6 Å². The number of imide groups is 1. The first kappa shape index (κ1) is 19.2. The molecule has 0 aromatic carbocycles. The number of rotatable bonds is 7. The average molecular weight is 324 g/mol. The van der Waals surface area contributed by atoms with Crippen molar-refractivity contribution < 1.29 is 14.4 Å². The number of carbonyl (C=O) groups is 3. The molecule has 23 heavy (non-hydrogen) atoms. The van der Waals surface area contributed by atoms with Crippen LogP contribution in [0.3, 0.4) is 0 Å². The van der Waals surface area contributed by atoms with E-state index in [0.717, 1.165) is 19.3 Å². The summed E-state index contributed by atoms with van der Waals surface area (Å²) in [4.78, 5) is 37.9. The fourth-order valence-corrected chi connectivity index (χ4v) is 2.35. The Hall–Kier alpha value is -1.89. The second-order valence-corrected chi connectivity index (χ2v) is 6.12. The number of carbonyl (C=O) groups excluding carboxylic acids is 3. The number of hydrogen-bond donors (Lipinski definition) is 2. The molecule has 7 heteroatoms. The first-order valence-corrected chi connectivity index (χ1v) is 8.02. The topological polar surface area (TPSA) is 81.8 Å². The fourth-order valence-electron chi connectivity index (χ4n) is 2.35. The van der Waals surface area contributed by atoms with Gasteiger partial charge in [-0.3, -0.25) is 19.8 Å². The molecule has 0 spiro atoms. The minimum Gasteiger partial charge on any atom is -0.348 e. The highest BCUT2D eigenvalue weighted by molar-refractivity contribution is 5.95. The van der Waals surface area contributed by atoms with Crippen molar-refractivity contribution in [3.8, 4) is 0 Å². The molecule has 0 aromatic rings. The molecule has 0 atom stereocenters. The summed E-state index contributed by atoms with van der Waals surface area (Å²) in [6.07, 6.45) is 7.76. The Balaban J connectivity index is 2.18. The molecular formula is C16H28N4O3. The molecule has 0 bridgehead atoms. The van der Waals surface area contributed by atoms with Crippen molar-refractivity contribution in [1.29, 1.82) is 0 Å². The molecule has 0 heterocycles. The Morgan fingerprint density at radius 1 is 1.13 bits per heavy atom. The van der Waals surface area contributed by atoms with Gasteiger partial charge in [0, 0.05) is 20.6 Å². The van der Waals surface area contributed by atoms with Gasteiger partial charge >= 0.3 is 6.03 Å². The Morgan fingerprint density at radius 3 is 2.48 bits per heavy atom. The van der Waals surface area contributed by atoms with Crippen molar-refractivity contribution >= 4 is 17.8 Å². The number of amides is 4. The third-order valence-corrected chi connectivity index (χ3v) is 3.69. The molecule has 1 aliphatic rings. The normalized spacial score (nSPS) is 14.2. The second kappa shape index (κ2) is 9.99. The molecule has 1 aliphatic carbocycles. The van der Waals surface area contributed by atoms with Crippen LogP contribution in [0.2, 0.25) is 0 Å². The largest absolute Gasteiger partial charge is 0.348 e. The van der Waals surface area contributed by atoms with Crippen molar-refractivity contribution in [2.75, 3.05) is 40.8 Å². The van der Waals surface area contributed by atoms with Crippen molar-refractivity contribution in [2.45, 2.75) is 32.1 Å². The van der Waals surface area contributed by atoms with E-state index in [1.165, 1.54) is 23.3 Å². The lowest BCUT2D eigenvalue weighted by Crippen LogP contribution is -2.45. The summed E-state index contributed by atoms with van der Waals surface area (Å²) in [6, 6.07) is -0.487. The second-order valence-electron chi connectivity index (χ2n) is 6.12. The lowest BCUT2D eigenvalue weighted by atomic mass is 9.97. The standard InChI is InChI=1S/C16H28N4O3/c1-19(2)15(22)12-20(3)11-14(21)18-16(23)17-10-9-13-7-5-4-6-8-13/h7H,4-6,8-12H2,1-3H3,(H2,17,18,21,23). The zero-order valence-electron chi connectivity index (χ0n) is 14.4. The summed E-state index contributed by atoms with van der Waals surface area (Å²) < 4.78 is 0. The third-order valence-electron chi connectivity index (χ3n) is 3.69. The van der Waals surface area contributed by atoms with Crippen LogP contribution in [0.25, 0.3) is 0 Å². The van der Waals surface area contributed by atoms with E-state index in [0.29, 0.717) is 6.54 Å². The number of hydrogen-bond acceptors (Lipinski definition) is 4. The van der Waals surface area contributed by atoms with E-state index in [1.54, 1.807) is 26.0 Å². The molecule has 4 amide bonds. The highest BCUT2D eigenvalue weighted by Crippen LogP contribution is 2.19. The van der Waals surface area contributed by atoms with Gasteiger partial charge in [0.2, 0.25) is 11.8 Å². The summed E-state index contributed by atoms with van der Waals surface area (Å²) in [5.41, 5.74) is 1.38. The molecule has 0 unspecified atom stereocenters. The van der Waals surface area contributed by atoms with Crippen LogP contribution >= 0.6 is 0 Å². The minimum atomic E-state index is -0.487. The van der Waals surface area contributed by atoms with Crippen LogP contribution in [-0.2, 0) is 9.59 Å². The van der Waals surface area contributed by atoms with Gasteiger partial charge < -0.3 is 10.2 Å². The van der Waals surface area contributed by atoms with Crippen LogP contribution < -0.4 is 10.6 Å². The number of urea groups is 1. The van der Waals surface area contributed by atoms with Crippen molar-refractivity contribution in [2.24, 2.45) is 0 Å². The Bertz CT molecular complexity index is 460. The van der Waals surface area contributed by atoms with Crippen LogP contribution in [0.4, 0.5) is 4.79 Å². The van der Waals surface area contributed by atoms with Crippen LogP contribution in [0.5, 0.6) is 0 Å². The predicted octanol–water partition coefficient (Wildman–Crippen LogP) is 0.723.